The first kappa shape index (κ1) is 20.1. The number of amides is 2. The number of carbonyl (C=O) groups excluding carboxylic acids is 2. The number of carbonyl (C=O) groups is 2. The fourth-order valence-electron chi connectivity index (χ4n) is 5.59. The van der Waals surface area contributed by atoms with Crippen LogP contribution < -0.4 is 0 Å². The number of rotatable bonds is 2. The molecule has 0 aromatic heterocycles. The molecule has 5 heteroatoms. The van der Waals surface area contributed by atoms with Gasteiger partial charge in [-0.25, -0.2) is 9.59 Å². The molecule has 5 rings (SSSR count). The van der Waals surface area contributed by atoms with Gasteiger partial charge < -0.3 is 14.5 Å². The molecular weight excluding hydrogens is 388 g/mol. The van der Waals surface area contributed by atoms with E-state index in [0.717, 1.165) is 55.3 Å². The van der Waals surface area contributed by atoms with Gasteiger partial charge in [0.15, 0.2) is 0 Å². The van der Waals surface area contributed by atoms with Crippen molar-refractivity contribution in [2.75, 3.05) is 20.2 Å². The number of urea groups is 1. The molecule has 5 nitrogen and oxygen atoms in total. The van der Waals surface area contributed by atoms with Crippen LogP contribution in [0.25, 0.3) is 16.3 Å². The van der Waals surface area contributed by atoms with Crippen LogP contribution in [0.1, 0.15) is 44.6 Å². The molecule has 2 aromatic carbocycles. The molecule has 3 aliphatic heterocycles. The number of ether oxygens (including phenoxy) is 1. The van der Waals surface area contributed by atoms with E-state index >= 15 is 0 Å². The lowest BCUT2D eigenvalue weighted by atomic mass is 9.87. The summed E-state index contributed by atoms with van der Waals surface area (Å²) in [6.07, 6.45) is 4.56. The van der Waals surface area contributed by atoms with Crippen molar-refractivity contribution in [2.24, 2.45) is 5.92 Å². The number of hydrogen-bond acceptors (Lipinski definition) is 3. The average molecular weight is 419 g/mol. The Balaban J connectivity index is 1.53. The Morgan fingerprint density at radius 2 is 1.71 bits per heavy atom. The number of nitrogens with zero attached hydrogens (tertiary/aromatic N) is 2. The summed E-state index contributed by atoms with van der Waals surface area (Å²) in [5.41, 5.74) is 2.78. The highest BCUT2D eigenvalue weighted by molar-refractivity contribution is 6.02. The van der Waals surface area contributed by atoms with E-state index < -0.39 is 0 Å². The lowest BCUT2D eigenvalue weighted by Gasteiger charge is -2.41. The molecule has 2 fully saturated rings. The minimum Gasteiger partial charge on any atom is -0.466 e. The average Bonchev–Trinajstić information content (AvgIpc) is 3.11. The minimum absolute atomic E-state index is 0.0957. The van der Waals surface area contributed by atoms with Crippen LogP contribution in [0.2, 0.25) is 0 Å². The van der Waals surface area contributed by atoms with Crippen LogP contribution in [0, 0.1) is 5.92 Å². The second kappa shape index (κ2) is 8.03. The van der Waals surface area contributed by atoms with Gasteiger partial charge in [-0.05, 0) is 66.0 Å². The Labute approximate surface area is 183 Å². The maximum atomic E-state index is 13.5. The van der Waals surface area contributed by atoms with E-state index in [4.69, 9.17) is 4.74 Å². The summed E-state index contributed by atoms with van der Waals surface area (Å²) < 4.78 is 5.22. The van der Waals surface area contributed by atoms with Gasteiger partial charge in [0.1, 0.15) is 0 Å². The van der Waals surface area contributed by atoms with Crippen molar-refractivity contribution in [3.05, 3.63) is 53.6 Å². The molecule has 0 saturated carbocycles. The highest BCUT2D eigenvalue weighted by Gasteiger charge is 2.47. The Morgan fingerprint density at radius 1 is 0.968 bits per heavy atom. The second-order valence-corrected chi connectivity index (χ2v) is 9.26. The van der Waals surface area contributed by atoms with Gasteiger partial charge in [-0.15, -0.1) is 0 Å². The predicted octanol–water partition coefficient (Wildman–Crippen LogP) is 4.86. The summed E-state index contributed by atoms with van der Waals surface area (Å²) >= 11 is 0. The van der Waals surface area contributed by atoms with Crippen LogP contribution in [-0.2, 0) is 9.53 Å². The summed E-state index contributed by atoms with van der Waals surface area (Å²) in [5.74, 6) is 0.366. The molecule has 0 radical (unpaired) electrons. The molecule has 2 amide bonds. The first-order chi connectivity index (χ1) is 15.1. The first-order valence-corrected chi connectivity index (χ1v) is 11.4. The second-order valence-electron chi connectivity index (χ2n) is 9.26. The Kier molecular flexibility index (Phi) is 5.20. The topological polar surface area (TPSA) is 49.9 Å². The lowest BCUT2D eigenvalue weighted by molar-refractivity contribution is -0.136. The fourth-order valence-corrected chi connectivity index (χ4v) is 5.59. The van der Waals surface area contributed by atoms with Crippen molar-refractivity contribution in [3.8, 4) is 0 Å². The Bertz CT molecular complexity index is 1050. The number of methoxy groups -OCH3 is 1. The van der Waals surface area contributed by atoms with Crippen molar-refractivity contribution < 1.29 is 14.3 Å². The lowest BCUT2D eigenvalue weighted by Crippen LogP contribution is -2.53. The molecule has 162 valence electrons. The zero-order chi connectivity index (χ0) is 21.5. The molecule has 2 aromatic rings. The number of likely N-dealkylation sites (tertiary alicyclic amines) is 1. The largest absolute Gasteiger partial charge is 0.466 e. The Hall–Kier alpha value is -2.82. The van der Waals surface area contributed by atoms with Gasteiger partial charge in [-0.1, -0.05) is 43.3 Å². The zero-order valence-electron chi connectivity index (χ0n) is 18.3. The van der Waals surface area contributed by atoms with Crippen molar-refractivity contribution in [1.82, 2.24) is 9.80 Å². The van der Waals surface area contributed by atoms with E-state index in [9.17, 15) is 9.59 Å². The van der Waals surface area contributed by atoms with E-state index in [1.165, 1.54) is 12.5 Å². The minimum atomic E-state index is -0.307. The number of fused-ring (bicyclic) bond motifs is 3. The fraction of sp³-hybridized carbons (Fsp3) is 0.462. The van der Waals surface area contributed by atoms with Crippen LogP contribution in [0.15, 0.2) is 48.0 Å². The van der Waals surface area contributed by atoms with Crippen LogP contribution in [0.3, 0.4) is 0 Å². The molecule has 2 bridgehead atoms. The van der Waals surface area contributed by atoms with Gasteiger partial charge in [-0.3, -0.25) is 0 Å². The number of esters is 1. The molecule has 31 heavy (non-hydrogen) atoms. The molecule has 3 heterocycles. The predicted molar refractivity (Wildman–Crippen MR) is 122 cm³/mol. The molecule has 0 spiro atoms. The van der Waals surface area contributed by atoms with Gasteiger partial charge in [0.2, 0.25) is 0 Å². The molecule has 3 aliphatic rings. The van der Waals surface area contributed by atoms with Crippen molar-refractivity contribution in [1.29, 1.82) is 0 Å². The molecule has 0 unspecified atom stereocenters. The molecule has 2 atom stereocenters. The molecular formula is C26H30N2O3. The molecule has 0 N–H and O–H groups in total. The van der Waals surface area contributed by atoms with Crippen molar-refractivity contribution in [3.63, 3.8) is 0 Å². The maximum absolute atomic E-state index is 13.5. The van der Waals surface area contributed by atoms with Gasteiger partial charge >= 0.3 is 12.0 Å². The summed E-state index contributed by atoms with van der Waals surface area (Å²) in [6, 6.07) is 14.7. The van der Waals surface area contributed by atoms with Gasteiger partial charge in [0, 0.05) is 19.1 Å². The van der Waals surface area contributed by atoms with E-state index in [0.29, 0.717) is 17.9 Å². The summed E-state index contributed by atoms with van der Waals surface area (Å²) in [4.78, 5) is 30.4. The van der Waals surface area contributed by atoms with E-state index in [1.807, 2.05) is 21.9 Å². The SMILES string of the molecule is COC(=O)C1=C(c2ccc3ccccc3c2)C[C@@H]2CC[C@H]1N2C(=O)N1CCC(C)CC1. The van der Waals surface area contributed by atoms with Gasteiger partial charge in [0.05, 0.1) is 18.7 Å². The monoisotopic (exact) mass is 418 g/mol. The molecule has 0 aliphatic carbocycles. The van der Waals surface area contributed by atoms with Crippen LogP contribution in [0.4, 0.5) is 4.79 Å². The maximum Gasteiger partial charge on any atom is 0.336 e. The highest BCUT2D eigenvalue weighted by Crippen LogP contribution is 2.44. The van der Waals surface area contributed by atoms with Crippen LogP contribution in [0.5, 0.6) is 0 Å². The highest BCUT2D eigenvalue weighted by atomic mass is 16.5. The van der Waals surface area contributed by atoms with E-state index in [2.05, 4.69) is 37.3 Å². The third kappa shape index (κ3) is 3.50. The van der Waals surface area contributed by atoms with Crippen molar-refractivity contribution >= 4 is 28.3 Å². The summed E-state index contributed by atoms with van der Waals surface area (Å²) in [5, 5.41) is 2.34. The van der Waals surface area contributed by atoms with Gasteiger partial charge in [0.25, 0.3) is 0 Å². The summed E-state index contributed by atoms with van der Waals surface area (Å²) in [7, 11) is 1.44. The number of benzene rings is 2. The van der Waals surface area contributed by atoms with E-state index in [1.54, 1.807) is 0 Å². The third-order valence-corrected chi connectivity index (χ3v) is 7.38. The third-order valence-electron chi connectivity index (χ3n) is 7.38. The molecule has 2 saturated heterocycles. The van der Waals surface area contributed by atoms with E-state index in [-0.39, 0.29) is 24.1 Å². The van der Waals surface area contributed by atoms with Crippen LogP contribution in [-0.4, -0.2) is 54.1 Å². The number of hydrogen-bond donors (Lipinski definition) is 0. The quantitative estimate of drug-likeness (QED) is 0.655. The van der Waals surface area contributed by atoms with Crippen molar-refractivity contribution in [2.45, 2.75) is 51.1 Å². The smallest absolute Gasteiger partial charge is 0.336 e. The normalized spacial score (nSPS) is 24.1. The van der Waals surface area contributed by atoms with Crippen LogP contribution >= 0.6 is 0 Å². The first-order valence-electron chi connectivity index (χ1n) is 11.4. The number of piperidine rings is 1. The Morgan fingerprint density at radius 3 is 2.45 bits per heavy atom. The summed E-state index contributed by atoms with van der Waals surface area (Å²) in [6.45, 7) is 3.87. The van der Waals surface area contributed by atoms with Gasteiger partial charge in [-0.2, -0.15) is 0 Å². The zero-order valence-corrected chi connectivity index (χ0v) is 18.3. The standard InChI is InChI=1S/C26H30N2O3/c1-17-11-13-27(14-12-17)26(30)28-21-9-10-23(28)24(25(29)31-2)22(16-21)20-8-7-18-5-3-4-6-19(18)15-20/h3-8,15,17,21,23H,9-14,16H2,1-2H3/t21-,23+/m0/s1.